The molecular formula is C9H19NO3Si. The van der Waals surface area contributed by atoms with Crippen molar-refractivity contribution in [3.05, 3.63) is 0 Å². The molecule has 1 unspecified atom stereocenters. The second kappa shape index (κ2) is 6.90. The Morgan fingerprint density at radius 2 is 1.93 bits per heavy atom. The summed E-state index contributed by atoms with van der Waals surface area (Å²) in [5, 5.41) is 0. The first-order chi connectivity index (χ1) is 6.70. The number of nitrogens with zero attached hydrogens (tertiary/aromatic N) is 1. The molecule has 0 N–H and O–H groups in total. The van der Waals surface area contributed by atoms with Crippen LogP contribution in [0.4, 0.5) is 0 Å². The molecule has 0 aromatic carbocycles. The van der Waals surface area contributed by atoms with Crippen LogP contribution in [0.25, 0.3) is 0 Å². The van der Waals surface area contributed by atoms with Crippen molar-refractivity contribution in [1.82, 2.24) is 0 Å². The minimum atomic E-state index is -2.32. The zero-order chi connectivity index (χ0) is 11.0. The van der Waals surface area contributed by atoms with Crippen molar-refractivity contribution in [3.8, 4) is 0 Å². The summed E-state index contributed by atoms with van der Waals surface area (Å²) in [5.74, 6) is 0. The van der Waals surface area contributed by atoms with E-state index in [0.29, 0.717) is 0 Å². The summed E-state index contributed by atoms with van der Waals surface area (Å²) < 4.78 is 10.9. The number of hydrogen-bond donors (Lipinski definition) is 0. The molecule has 0 aliphatic rings. The quantitative estimate of drug-likeness (QED) is 0.371. The second-order valence-electron chi connectivity index (χ2n) is 3.10. The van der Waals surface area contributed by atoms with Crippen molar-refractivity contribution in [2.24, 2.45) is 4.99 Å². The van der Waals surface area contributed by atoms with Gasteiger partial charge in [0.05, 0.1) is 0 Å². The van der Waals surface area contributed by atoms with E-state index in [9.17, 15) is 4.79 Å². The highest BCUT2D eigenvalue weighted by Gasteiger charge is 2.42. The highest BCUT2D eigenvalue weighted by atomic mass is 28.4. The molecule has 0 rings (SSSR count). The first-order valence-electron chi connectivity index (χ1n) is 4.88. The average Bonchev–Trinajstić information content (AvgIpc) is 2.22. The fourth-order valence-corrected chi connectivity index (χ4v) is 4.34. The van der Waals surface area contributed by atoms with Crippen molar-refractivity contribution >= 4 is 14.6 Å². The van der Waals surface area contributed by atoms with Crippen LogP contribution in [-0.4, -0.2) is 34.5 Å². The summed E-state index contributed by atoms with van der Waals surface area (Å²) in [7, 11) is 0.936. The summed E-state index contributed by atoms with van der Waals surface area (Å²) in [5.41, 5.74) is -0.134. The van der Waals surface area contributed by atoms with Crippen molar-refractivity contribution in [2.75, 3.05) is 14.2 Å². The van der Waals surface area contributed by atoms with Crippen molar-refractivity contribution in [1.29, 1.82) is 0 Å². The summed E-state index contributed by atoms with van der Waals surface area (Å²) in [6.07, 6.45) is 3.38. The lowest BCUT2D eigenvalue weighted by molar-refractivity contribution is 0.229. The van der Waals surface area contributed by atoms with Crippen LogP contribution >= 0.6 is 0 Å². The van der Waals surface area contributed by atoms with Gasteiger partial charge in [0.15, 0.2) is 0 Å². The smallest absolute Gasteiger partial charge is 0.363 e. The van der Waals surface area contributed by atoms with E-state index >= 15 is 0 Å². The van der Waals surface area contributed by atoms with Crippen molar-refractivity contribution in [2.45, 2.75) is 38.4 Å². The molecule has 0 spiro atoms. The van der Waals surface area contributed by atoms with Gasteiger partial charge >= 0.3 is 8.56 Å². The van der Waals surface area contributed by atoms with Gasteiger partial charge in [-0.05, 0) is 12.5 Å². The maximum Gasteiger partial charge on any atom is 0.363 e. The van der Waals surface area contributed by atoms with Gasteiger partial charge in [-0.2, -0.15) is 0 Å². The molecule has 5 heteroatoms. The van der Waals surface area contributed by atoms with Gasteiger partial charge in [0.25, 0.3) is 0 Å². The van der Waals surface area contributed by atoms with Crippen LogP contribution in [0.1, 0.15) is 26.7 Å². The van der Waals surface area contributed by atoms with Gasteiger partial charge in [-0.3, -0.25) is 0 Å². The van der Waals surface area contributed by atoms with E-state index in [1.807, 2.05) is 13.8 Å². The fourth-order valence-electron chi connectivity index (χ4n) is 1.60. The van der Waals surface area contributed by atoms with E-state index in [1.165, 1.54) is 0 Å². The first kappa shape index (κ1) is 13.5. The molecule has 82 valence electrons. The largest absolute Gasteiger partial charge is 0.396 e. The van der Waals surface area contributed by atoms with E-state index in [1.54, 1.807) is 20.3 Å². The van der Waals surface area contributed by atoms with Gasteiger partial charge in [-0.25, -0.2) is 9.79 Å². The van der Waals surface area contributed by atoms with E-state index in [0.717, 1.165) is 18.9 Å². The normalized spacial score (nSPS) is 13.4. The monoisotopic (exact) mass is 217 g/mol. The Bertz CT molecular complexity index is 192. The van der Waals surface area contributed by atoms with Crippen LogP contribution in [0.3, 0.4) is 0 Å². The highest BCUT2D eigenvalue weighted by Crippen LogP contribution is 2.22. The Morgan fingerprint density at radius 3 is 2.21 bits per heavy atom. The minimum Gasteiger partial charge on any atom is -0.396 e. The molecule has 4 nitrogen and oxygen atoms in total. The molecule has 0 aliphatic carbocycles. The number of aliphatic imine (C=N–C) groups is 1. The molecular weight excluding hydrogens is 198 g/mol. The van der Waals surface area contributed by atoms with Gasteiger partial charge in [-0.15, -0.1) is 0 Å². The van der Waals surface area contributed by atoms with Gasteiger partial charge in [0.1, 0.15) is 5.67 Å². The molecule has 0 aliphatic heterocycles. The second-order valence-corrected chi connectivity index (χ2v) is 6.91. The van der Waals surface area contributed by atoms with Crippen LogP contribution in [0, 0.1) is 0 Å². The number of carbonyl (C=O) groups excluding carboxylic acids is 1. The topological polar surface area (TPSA) is 47.9 Å². The zero-order valence-corrected chi connectivity index (χ0v) is 10.4. The summed E-state index contributed by atoms with van der Waals surface area (Å²) >= 11 is 0. The zero-order valence-electron chi connectivity index (χ0n) is 9.37. The first-order valence-corrected chi connectivity index (χ1v) is 6.98. The van der Waals surface area contributed by atoms with Crippen LogP contribution < -0.4 is 0 Å². The van der Waals surface area contributed by atoms with E-state index in [-0.39, 0.29) is 5.67 Å². The Balaban J connectivity index is 4.78. The maximum atomic E-state index is 10.3. The lowest BCUT2D eigenvalue weighted by Gasteiger charge is -2.30. The molecule has 0 amide bonds. The lowest BCUT2D eigenvalue weighted by Crippen LogP contribution is -2.50. The summed E-state index contributed by atoms with van der Waals surface area (Å²) in [4.78, 5) is 14.1. The van der Waals surface area contributed by atoms with Crippen molar-refractivity contribution < 1.29 is 13.6 Å². The SMILES string of the molecule is CCCC(N=C=O)[Si](CC)(OC)OC. The van der Waals surface area contributed by atoms with Gasteiger partial charge in [-0.1, -0.05) is 20.3 Å². The van der Waals surface area contributed by atoms with Gasteiger partial charge in [0, 0.05) is 14.2 Å². The Morgan fingerprint density at radius 1 is 1.36 bits per heavy atom. The van der Waals surface area contributed by atoms with Crippen LogP contribution in [0.5, 0.6) is 0 Å². The third-order valence-electron chi connectivity index (χ3n) is 2.46. The minimum absolute atomic E-state index is 0.134. The number of isocyanates is 1. The van der Waals surface area contributed by atoms with E-state index in [2.05, 4.69) is 4.99 Å². The third kappa shape index (κ3) is 3.03. The molecule has 0 saturated carbocycles. The molecule has 0 aromatic heterocycles. The highest BCUT2D eigenvalue weighted by molar-refractivity contribution is 6.69. The third-order valence-corrected chi connectivity index (χ3v) is 6.26. The van der Waals surface area contributed by atoms with Gasteiger partial charge in [0.2, 0.25) is 6.08 Å². The average molecular weight is 217 g/mol. The molecule has 0 saturated heterocycles. The predicted octanol–water partition coefficient (Wildman–Crippen LogP) is 1.79. The summed E-state index contributed by atoms with van der Waals surface area (Å²) in [6.45, 7) is 4.05. The van der Waals surface area contributed by atoms with E-state index < -0.39 is 8.56 Å². The van der Waals surface area contributed by atoms with Crippen molar-refractivity contribution in [3.63, 3.8) is 0 Å². The Labute approximate surface area is 86.6 Å². The molecule has 0 fully saturated rings. The molecule has 0 radical (unpaired) electrons. The molecule has 0 bridgehead atoms. The molecule has 0 heterocycles. The van der Waals surface area contributed by atoms with Crippen LogP contribution in [0.15, 0.2) is 4.99 Å². The standard InChI is InChI=1S/C9H19NO3Si/c1-5-7-9(10-8-11)14(6-2,12-3)13-4/h9H,5-7H2,1-4H3. The van der Waals surface area contributed by atoms with E-state index in [4.69, 9.17) is 8.85 Å². The summed E-state index contributed by atoms with van der Waals surface area (Å²) in [6, 6.07) is 0.788. The Hall–Kier alpha value is -0.483. The maximum absolute atomic E-state index is 10.3. The lowest BCUT2D eigenvalue weighted by atomic mass is 10.3. The van der Waals surface area contributed by atoms with Crippen LogP contribution in [0.2, 0.25) is 6.04 Å². The number of rotatable bonds is 7. The Kier molecular flexibility index (Phi) is 6.66. The van der Waals surface area contributed by atoms with Crippen LogP contribution in [-0.2, 0) is 13.6 Å². The predicted molar refractivity (Wildman–Crippen MR) is 57.1 cm³/mol. The molecule has 1 atom stereocenters. The fraction of sp³-hybridized carbons (Fsp3) is 0.889. The number of hydrogen-bond acceptors (Lipinski definition) is 4. The van der Waals surface area contributed by atoms with Gasteiger partial charge < -0.3 is 8.85 Å². The molecule has 0 aromatic rings. The molecule has 14 heavy (non-hydrogen) atoms.